The van der Waals surface area contributed by atoms with Gasteiger partial charge in [-0.15, -0.1) is 0 Å². The van der Waals surface area contributed by atoms with Crippen LogP contribution in [0.25, 0.3) is 0 Å². The van der Waals surface area contributed by atoms with Gasteiger partial charge in [0.25, 0.3) is 0 Å². The van der Waals surface area contributed by atoms with Crippen molar-refractivity contribution in [2.75, 3.05) is 0 Å². The van der Waals surface area contributed by atoms with Crippen LogP contribution < -0.4 is 15.8 Å². The summed E-state index contributed by atoms with van der Waals surface area (Å²) in [5, 5.41) is 23.9. The van der Waals surface area contributed by atoms with E-state index >= 15 is 0 Å². The zero-order valence-electron chi connectivity index (χ0n) is 25.6. The number of phenols is 1. The monoisotopic (exact) mass is 558 g/mol. The van der Waals surface area contributed by atoms with Crippen LogP contribution in [0.1, 0.15) is 109 Å². The minimum atomic E-state index is -1.24. The van der Waals surface area contributed by atoms with Gasteiger partial charge in [0.1, 0.15) is 17.4 Å². The van der Waals surface area contributed by atoms with E-state index in [1.165, 1.54) is 11.6 Å². The molecular formula is C32H50N2O6. The second-order valence-electron chi connectivity index (χ2n) is 11.5. The van der Waals surface area contributed by atoms with Crippen LogP contribution >= 0.6 is 0 Å². The van der Waals surface area contributed by atoms with Crippen LogP contribution in [-0.2, 0) is 22.4 Å². The number of aryl methyl sites for hydroxylation is 1. The summed E-state index contributed by atoms with van der Waals surface area (Å²) in [5.74, 6) is -3.34. The molecule has 5 N–H and O–H groups in total. The van der Waals surface area contributed by atoms with E-state index in [0.29, 0.717) is 12.0 Å². The maximum Gasteiger partial charge on any atom is 0.339 e. The fourth-order valence-electron chi connectivity index (χ4n) is 4.23. The highest BCUT2D eigenvalue weighted by atomic mass is 16.5. The van der Waals surface area contributed by atoms with Gasteiger partial charge in [0.15, 0.2) is 5.75 Å². The van der Waals surface area contributed by atoms with E-state index in [-0.39, 0.29) is 40.9 Å². The Labute approximate surface area is 240 Å². The second kappa shape index (κ2) is 16.9. The highest BCUT2D eigenvalue weighted by molar-refractivity contribution is 5.96. The van der Waals surface area contributed by atoms with Crippen molar-refractivity contribution in [1.29, 1.82) is 0 Å². The maximum atomic E-state index is 13.5. The van der Waals surface area contributed by atoms with Crippen LogP contribution in [0.15, 0.2) is 29.4 Å². The van der Waals surface area contributed by atoms with E-state index in [4.69, 9.17) is 10.5 Å². The number of nitrogens with one attached hydrogen (secondary N) is 1. The molecule has 0 fully saturated rings. The fourth-order valence-corrected chi connectivity index (χ4v) is 4.23. The van der Waals surface area contributed by atoms with Gasteiger partial charge in [0.2, 0.25) is 5.91 Å². The molecule has 1 amide bonds. The summed E-state index contributed by atoms with van der Waals surface area (Å²) in [6, 6.07) is -0.398. The molecular weight excluding hydrogens is 508 g/mol. The number of amides is 1. The maximum absolute atomic E-state index is 13.5. The number of hydrogen-bond acceptors (Lipinski definition) is 6. The number of benzene rings is 1. The Kier molecular flexibility index (Phi) is 14.7. The Morgan fingerprint density at radius 3 is 2.23 bits per heavy atom. The standard InChI is InChI=1S/C32H50N2O6/c1-9-10-11-15-23-18-25(35)24(17-16-22(8)14-12-13-19(2)3)29(26(23)31(37)38)40-32(39)28(21(6)7)34-30(36)27(33)20(4)5/h13,16,18,20-21,27-28,35H,9-12,14-15,17,33H2,1-8H3,(H,34,36)(H,37,38)/b22-16+. The number of unbranched alkanes of at least 4 members (excludes halogenated alkanes) is 2. The number of nitrogens with two attached hydrogens (primary N) is 1. The lowest BCUT2D eigenvalue weighted by Gasteiger charge is -2.25. The summed E-state index contributed by atoms with van der Waals surface area (Å²) in [6.45, 7) is 15.2. The number of phenolic OH excluding ortho intramolecular Hbond substituents is 1. The Hall–Kier alpha value is -3.13. The van der Waals surface area contributed by atoms with Crippen molar-refractivity contribution in [3.8, 4) is 11.5 Å². The van der Waals surface area contributed by atoms with Gasteiger partial charge >= 0.3 is 11.9 Å². The van der Waals surface area contributed by atoms with Crippen molar-refractivity contribution in [3.63, 3.8) is 0 Å². The van der Waals surface area contributed by atoms with Gasteiger partial charge in [0.05, 0.1) is 6.04 Å². The van der Waals surface area contributed by atoms with Crippen LogP contribution in [0.3, 0.4) is 0 Å². The summed E-state index contributed by atoms with van der Waals surface area (Å²) in [5.41, 5.74) is 8.76. The third kappa shape index (κ3) is 10.8. The lowest BCUT2D eigenvalue weighted by Crippen LogP contribution is -2.53. The topological polar surface area (TPSA) is 139 Å². The molecule has 0 spiro atoms. The van der Waals surface area contributed by atoms with E-state index in [1.807, 2.05) is 33.8 Å². The first-order chi connectivity index (χ1) is 18.7. The molecule has 0 aliphatic carbocycles. The zero-order chi connectivity index (χ0) is 30.6. The SMILES string of the molecule is CCCCCc1cc(O)c(C/C=C(\C)CCC=C(C)C)c(OC(=O)C(NC(=O)C(N)C(C)C)C(C)C)c1C(=O)O. The molecule has 0 aliphatic heterocycles. The number of rotatable bonds is 16. The lowest BCUT2D eigenvalue weighted by molar-refractivity contribution is -0.141. The first kappa shape index (κ1) is 34.9. The van der Waals surface area contributed by atoms with E-state index in [1.54, 1.807) is 27.7 Å². The molecule has 0 aromatic heterocycles. The van der Waals surface area contributed by atoms with Gasteiger partial charge in [-0.3, -0.25) is 4.79 Å². The number of carbonyl (C=O) groups is 3. The molecule has 1 rings (SSSR count). The highest BCUT2D eigenvalue weighted by Gasteiger charge is 2.32. The van der Waals surface area contributed by atoms with E-state index in [9.17, 15) is 24.6 Å². The molecule has 0 saturated carbocycles. The summed E-state index contributed by atoms with van der Waals surface area (Å²) in [4.78, 5) is 38.7. The van der Waals surface area contributed by atoms with Crippen molar-refractivity contribution < 1.29 is 29.3 Å². The van der Waals surface area contributed by atoms with Gasteiger partial charge in [-0.25, -0.2) is 9.59 Å². The summed E-state index contributed by atoms with van der Waals surface area (Å²) >= 11 is 0. The van der Waals surface area contributed by atoms with Crippen molar-refractivity contribution >= 4 is 17.8 Å². The predicted molar refractivity (Wildman–Crippen MR) is 160 cm³/mol. The van der Waals surface area contributed by atoms with Crippen LogP contribution in [-0.4, -0.2) is 40.1 Å². The van der Waals surface area contributed by atoms with Crippen molar-refractivity contribution in [2.45, 2.75) is 112 Å². The lowest BCUT2D eigenvalue weighted by atomic mass is 9.94. The summed E-state index contributed by atoms with van der Waals surface area (Å²) in [7, 11) is 0. The number of carboxylic acid groups (broad SMARTS) is 1. The molecule has 0 saturated heterocycles. The number of esters is 1. The van der Waals surface area contributed by atoms with Gasteiger partial charge in [-0.2, -0.15) is 0 Å². The van der Waals surface area contributed by atoms with Gasteiger partial charge < -0.3 is 26.0 Å². The van der Waals surface area contributed by atoms with Crippen molar-refractivity contribution in [1.82, 2.24) is 5.32 Å². The normalized spacial score (nSPS) is 13.2. The Bertz CT molecular complexity index is 1080. The van der Waals surface area contributed by atoms with E-state index in [2.05, 4.69) is 11.4 Å². The van der Waals surface area contributed by atoms with Crippen molar-refractivity contribution in [2.24, 2.45) is 17.6 Å². The van der Waals surface area contributed by atoms with E-state index in [0.717, 1.165) is 37.7 Å². The quantitative estimate of drug-likeness (QED) is 0.0833. The van der Waals surface area contributed by atoms with Crippen LogP contribution in [0, 0.1) is 11.8 Å². The Balaban J connectivity index is 3.56. The molecule has 0 bridgehead atoms. The minimum absolute atomic E-state index is 0.125. The molecule has 0 radical (unpaired) electrons. The van der Waals surface area contributed by atoms with Gasteiger partial charge in [-0.05, 0) is 76.3 Å². The average molecular weight is 559 g/mol. The molecule has 0 heterocycles. The summed E-state index contributed by atoms with van der Waals surface area (Å²) < 4.78 is 5.80. The minimum Gasteiger partial charge on any atom is -0.508 e. The van der Waals surface area contributed by atoms with Crippen LogP contribution in [0.5, 0.6) is 11.5 Å². The fraction of sp³-hybridized carbons (Fsp3) is 0.594. The molecule has 40 heavy (non-hydrogen) atoms. The number of allylic oxidation sites excluding steroid dienone is 4. The highest BCUT2D eigenvalue weighted by Crippen LogP contribution is 2.37. The third-order valence-corrected chi connectivity index (χ3v) is 6.89. The number of hydrogen-bond donors (Lipinski definition) is 4. The molecule has 2 atom stereocenters. The molecule has 2 unspecified atom stereocenters. The molecule has 224 valence electrons. The Morgan fingerprint density at radius 2 is 1.70 bits per heavy atom. The number of carbonyl (C=O) groups excluding carboxylic acids is 2. The smallest absolute Gasteiger partial charge is 0.339 e. The predicted octanol–water partition coefficient (Wildman–Crippen LogP) is 6.09. The third-order valence-electron chi connectivity index (χ3n) is 6.89. The summed E-state index contributed by atoms with van der Waals surface area (Å²) in [6.07, 6.45) is 8.88. The molecule has 1 aromatic carbocycles. The number of aromatic carboxylic acids is 1. The first-order valence-electron chi connectivity index (χ1n) is 14.4. The number of ether oxygens (including phenoxy) is 1. The van der Waals surface area contributed by atoms with Crippen molar-refractivity contribution in [3.05, 3.63) is 46.1 Å². The number of aromatic hydroxyl groups is 1. The van der Waals surface area contributed by atoms with E-state index < -0.39 is 29.9 Å². The molecule has 1 aromatic rings. The van der Waals surface area contributed by atoms with Crippen LogP contribution in [0.4, 0.5) is 0 Å². The molecule has 0 aliphatic rings. The van der Waals surface area contributed by atoms with Gasteiger partial charge in [0, 0.05) is 5.56 Å². The first-order valence-corrected chi connectivity index (χ1v) is 14.4. The largest absolute Gasteiger partial charge is 0.508 e. The second-order valence-corrected chi connectivity index (χ2v) is 11.5. The average Bonchev–Trinajstić information content (AvgIpc) is 2.85. The zero-order valence-corrected chi connectivity index (χ0v) is 25.6. The number of carboxylic acids is 1. The Morgan fingerprint density at radius 1 is 1.05 bits per heavy atom. The molecule has 8 nitrogen and oxygen atoms in total. The van der Waals surface area contributed by atoms with Gasteiger partial charge in [-0.1, -0.05) is 70.8 Å². The van der Waals surface area contributed by atoms with Crippen LogP contribution in [0.2, 0.25) is 0 Å². The molecule has 8 heteroatoms.